The lowest BCUT2D eigenvalue weighted by Gasteiger charge is -2.30. The Kier molecular flexibility index (Phi) is 5.07. The van der Waals surface area contributed by atoms with Crippen LogP contribution >= 0.6 is 0 Å². The Bertz CT molecular complexity index is 944. The van der Waals surface area contributed by atoms with E-state index >= 15 is 0 Å². The van der Waals surface area contributed by atoms with Crippen LogP contribution in [-0.4, -0.2) is 43.1 Å². The van der Waals surface area contributed by atoms with Gasteiger partial charge in [0.25, 0.3) is 5.56 Å². The van der Waals surface area contributed by atoms with Crippen LogP contribution < -0.4 is 28.6 Å². The molecule has 0 spiro atoms. The van der Waals surface area contributed by atoms with Crippen LogP contribution in [0.25, 0.3) is 11.2 Å². The zero-order valence-corrected chi connectivity index (χ0v) is 15.8. The number of piperidine rings is 1. The van der Waals surface area contributed by atoms with Gasteiger partial charge in [-0.05, 0) is 0 Å². The van der Waals surface area contributed by atoms with Gasteiger partial charge in [0.1, 0.15) is 5.78 Å². The van der Waals surface area contributed by atoms with Gasteiger partial charge in [0.2, 0.25) is 0 Å². The molecule has 0 aliphatic carbocycles. The molecule has 4 rings (SSSR count). The number of carbonyl (C=O) groups is 1. The fraction of sp³-hybridized carbons (Fsp3) is 0.647. The molecule has 0 saturated carbocycles. The summed E-state index contributed by atoms with van der Waals surface area (Å²) in [5.74, 6) is 0.418. The van der Waals surface area contributed by atoms with Crippen LogP contribution in [0.1, 0.15) is 32.1 Å². The second kappa shape index (κ2) is 7.00. The summed E-state index contributed by atoms with van der Waals surface area (Å²) in [7, 11) is 3.13. The molecule has 0 radical (unpaired) electrons. The molecule has 2 saturated heterocycles. The molecule has 8 nitrogen and oxygen atoms in total. The van der Waals surface area contributed by atoms with Gasteiger partial charge in [0.15, 0.2) is 11.2 Å². The number of hydrogen-bond acceptors (Lipinski definition) is 4. The van der Waals surface area contributed by atoms with E-state index in [0.717, 1.165) is 43.2 Å². The quantitative estimate of drug-likeness (QED) is 0.580. The Morgan fingerprint density at radius 2 is 1.77 bits per heavy atom. The van der Waals surface area contributed by atoms with E-state index in [-0.39, 0.29) is 23.7 Å². The number of carbonyl (C=O) groups excluding carboxylic acids is 1. The molecule has 4 heterocycles. The number of nitrogens with one attached hydrogen (secondary N) is 1. The first-order valence-corrected chi connectivity index (χ1v) is 8.95. The molecule has 2 aromatic heterocycles. The number of hydrogen-bond donors (Lipinski definition) is 1. The average molecular weight is 382 g/mol. The highest BCUT2D eigenvalue weighted by atomic mass is 35.5. The predicted octanol–water partition coefficient (Wildman–Crippen LogP) is -4.39. The SMILES string of the molecule is Cn1c(=O)c2c(ncn2CCC[NH+]2C3CCC2CC(=O)C3)n(C)c1=O.[Cl-]. The maximum atomic E-state index is 12.4. The molecular formula is C17H24ClN5O3. The molecule has 26 heavy (non-hydrogen) atoms. The molecule has 2 fully saturated rings. The number of ketones is 1. The minimum atomic E-state index is -0.359. The molecule has 2 aliphatic rings. The molecular weight excluding hydrogens is 358 g/mol. The summed E-state index contributed by atoms with van der Waals surface area (Å²) in [6, 6.07) is 0.971. The monoisotopic (exact) mass is 381 g/mol. The summed E-state index contributed by atoms with van der Waals surface area (Å²) in [4.78, 5) is 42.0. The number of aryl methyl sites for hydroxylation is 2. The van der Waals surface area contributed by atoms with Gasteiger partial charge < -0.3 is 21.9 Å². The number of halogens is 1. The lowest BCUT2D eigenvalue weighted by Crippen LogP contribution is -3.18. The standard InChI is InChI=1S/C17H23N5O3.ClH/c1-19-15-14(16(24)20(2)17(19)25)21(10-18-15)6-3-7-22-11-4-5-12(22)9-13(23)8-11;/h10-12H,3-9H2,1-2H3;1H. The number of quaternary nitrogens is 1. The lowest BCUT2D eigenvalue weighted by atomic mass is 10.0. The van der Waals surface area contributed by atoms with Gasteiger partial charge in [-0.2, -0.15) is 0 Å². The summed E-state index contributed by atoms with van der Waals surface area (Å²) in [5.41, 5.74) is 0.258. The van der Waals surface area contributed by atoms with E-state index in [2.05, 4.69) is 4.98 Å². The zero-order valence-electron chi connectivity index (χ0n) is 15.1. The zero-order chi connectivity index (χ0) is 17.7. The molecule has 2 aromatic rings. The normalized spacial score (nSPS) is 24.8. The molecule has 2 atom stereocenters. The summed E-state index contributed by atoms with van der Waals surface area (Å²) >= 11 is 0. The lowest BCUT2D eigenvalue weighted by molar-refractivity contribution is -0.937. The van der Waals surface area contributed by atoms with Crippen LogP contribution in [0.4, 0.5) is 0 Å². The van der Waals surface area contributed by atoms with Gasteiger partial charge in [-0.3, -0.25) is 18.7 Å². The van der Waals surface area contributed by atoms with E-state index in [1.165, 1.54) is 11.6 Å². The van der Waals surface area contributed by atoms with Gasteiger partial charge in [-0.1, -0.05) is 0 Å². The van der Waals surface area contributed by atoms with Crippen LogP contribution in [-0.2, 0) is 25.4 Å². The molecule has 0 aromatic carbocycles. The van der Waals surface area contributed by atoms with Gasteiger partial charge in [-0.15, -0.1) is 0 Å². The first-order valence-electron chi connectivity index (χ1n) is 8.95. The van der Waals surface area contributed by atoms with Crippen LogP contribution in [0, 0.1) is 0 Å². The molecule has 2 aliphatic heterocycles. The van der Waals surface area contributed by atoms with Gasteiger partial charge in [0, 0.05) is 39.9 Å². The van der Waals surface area contributed by atoms with Crippen molar-refractivity contribution in [3.05, 3.63) is 27.2 Å². The third-order valence-electron chi connectivity index (χ3n) is 5.94. The smallest absolute Gasteiger partial charge is 0.332 e. The van der Waals surface area contributed by atoms with E-state index < -0.39 is 0 Å². The number of nitrogens with zero attached hydrogens (tertiary/aromatic N) is 4. The van der Waals surface area contributed by atoms with Crippen molar-refractivity contribution in [3.8, 4) is 0 Å². The number of rotatable bonds is 4. The molecule has 9 heteroatoms. The maximum absolute atomic E-state index is 12.4. The predicted molar refractivity (Wildman–Crippen MR) is 91.7 cm³/mol. The minimum Gasteiger partial charge on any atom is -1.00 e. The summed E-state index contributed by atoms with van der Waals surface area (Å²) < 4.78 is 4.39. The van der Waals surface area contributed by atoms with Crippen molar-refractivity contribution >= 4 is 16.9 Å². The Hall–Kier alpha value is -1.93. The summed E-state index contributed by atoms with van der Waals surface area (Å²) in [5, 5.41) is 0. The van der Waals surface area contributed by atoms with E-state index in [0.29, 0.717) is 35.6 Å². The van der Waals surface area contributed by atoms with Crippen LogP contribution in [0.15, 0.2) is 15.9 Å². The molecule has 1 N–H and O–H groups in total. The van der Waals surface area contributed by atoms with Crippen molar-refractivity contribution in [1.29, 1.82) is 0 Å². The second-order valence-corrected chi connectivity index (χ2v) is 7.41. The number of imidazole rings is 1. The Morgan fingerprint density at radius 1 is 1.12 bits per heavy atom. The van der Waals surface area contributed by atoms with Gasteiger partial charge >= 0.3 is 5.69 Å². The minimum absolute atomic E-state index is 0. The van der Waals surface area contributed by atoms with Crippen molar-refractivity contribution in [2.45, 2.75) is 50.7 Å². The third-order valence-corrected chi connectivity index (χ3v) is 5.94. The van der Waals surface area contributed by atoms with E-state index in [1.807, 2.05) is 4.57 Å². The topological polar surface area (TPSA) is 83.3 Å². The summed E-state index contributed by atoms with van der Waals surface area (Å²) in [6.45, 7) is 1.70. The highest BCUT2D eigenvalue weighted by molar-refractivity contribution is 5.80. The first-order chi connectivity index (χ1) is 12.0. The molecule has 2 bridgehead atoms. The van der Waals surface area contributed by atoms with Crippen molar-refractivity contribution in [1.82, 2.24) is 18.7 Å². The number of Topliss-reactive ketones (excluding diaryl/α,β-unsaturated/α-hetero) is 1. The average Bonchev–Trinajstić information content (AvgIpc) is 3.11. The van der Waals surface area contributed by atoms with Crippen molar-refractivity contribution in [2.24, 2.45) is 14.1 Å². The van der Waals surface area contributed by atoms with E-state index in [1.54, 1.807) is 18.3 Å². The Balaban J connectivity index is 0.00000196. The number of fused-ring (bicyclic) bond motifs is 3. The van der Waals surface area contributed by atoms with Crippen molar-refractivity contribution < 1.29 is 22.1 Å². The van der Waals surface area contributed by atoms with E-state index in [9.17, 15) is 14.4 Å². The summed E-state index contributed by atoms with van der Waals surface area (Å²) in [6.07, 6.45) is 6.33. The third kappa shape index (κ3) is 2.91. The van der Waals surface area contributed by atoms with Crippen molar-refractivity contribution in [2.75, 3.05) is 6.54 Å². The number of aromatic nitrogens is 4. The second-order valence-electron chi connectivity index (χ2n) is 7.41. The van der Waals surface area contributed by atoms with Gasteiger partial charge in [0.05, 0.1) is 37.8 Å². The van der Waals surface area contributed by atoms with Gasteiger partial charge in [-0.25, -0.2) is 9.78 Å². The molecule has 142 valence electrons. The van der Waals surface area contributed by atoms with Crippen LogP contribution in [0.2, 0.25) is 0 Å². The maximum Gasteiger partial charge on any atom is 0.332 e. The van der Waals surface area contributed by atoms with Crippen LogP contribution in [0.5, 0.6) is 0 Å². The molecule has 2 unspecified atom stereocenters. The fourth-order valence-electron chi connectivity index (χ4n) is 4.63. The van der Waals surface area contributed by atoms with Crippen LogP contribution in [0.3, 0.4) is 0 Å². The highest BCUT2D eigenvalue weighted by Gasteiger charge is 2.43. The molecule has 0 amide bonds. The Labute approximate surface area is 156 Å². The first kappa shape index (κ1) is 18.8. The van der Waals surface area contributed by atoms with E-state index in [4.69, 9.17) is 0 Å². The van der Waals surface area contributed by atoms with Crippen molar-refractivity contribution in [3.63, 3.8) is 0 Å². The largest absolute Gasteiger partial charge is 1.00 e. The highest BCUT2D eigenvalue weighted by Crippen LogP contribution is 2.20. The Morgan fingerprint density at radius 3 is 2.42 bits per heavy atom. The fourth-order valence-corrected chi connectivity index (χ4v) is 4.63.